The van der Waals surface area contributed by atoms with E-state index in [2.05, 4.69) is 21.2 Å². The summed E-state index contributed by atoms with van der Waals surface area (Å²) in [4.78, 5) is 23.3. The van der Waals surface area contributed by atoms with Crippen LogP contribution in [0.15, 0.2) is 40.9 Å². The van der Waals surface area contributed by atoms with E-state index in [1.165, 1.54) is 0 Å². The summed E-state index contributed by atoms with van der Waals surface area (Å²) in [7, 11) is 0. The van der Waals surface area contributed by atoms with E-state index in [-0.39, 0.29) is 5.91 Å². The van der Waals surface area contributed by atoms with Crippen LogP contribution in [0.5, 0.6) is 0 Å². The normalized spacial score (nSPS) is 10.2. The van der Waals surface area contributed by atoms with Gasteiger partial charge in [-0.15, -0.1) is 0 Å². The van der Waals surface area contributed by atoms with E-state index in [1.54, 1.807) is 30.3 Å². The highest BCUT2D eigenvalue weighted by Gasteiger charge is 2.10. The highest BCUT2D eigenvalue weighted by molar-refractivity contribution is 9.10. The van der Waals surface area contributed by atoms with Crippen molar-refractivity contribution in [3.05, 3.63) is 63.1 Å². The van der Waals surface area contributed by atoms with Crippen LogP contribution in [0.4, 0.5) is 5.69 Å². The van der Waals surface area contributed by atoms with Crippen molar-refractivity contribution in [2.24, 2.45) is 5.73 Å². The lowest BCUT2D eigenvalue weighted by Crippen LogP contribution is -2.14. The van der Waals surface area contributed by atoms with Gasteiger partial charge in [0.15, 0.2) is 0 Å². The Hall–Kier alpha value is -2.14. The van der Waals surface area contributed by atoms with Gasteiger partial charge in [0.25, 0.3) is 5.91 Å². The molecule has 0 saturated carbocycles. The molecule has 4 nitrogen and oxygen atoms in total. The van der Waals surface area contributed by atoms with Crippen LogP contribution in [-0.2, 0) is 0 Å². The zero-order valence-corrected chi connectivity index (χ0v) is 13.3. The second-order valence-electron chi connectivity index (χ2n) is 4.81. The first-order chi connectivity index (χ1) is 9.88. The minimum atomic E-state index is -0.488. The van der Waals surface area contributed by atoms with Crippen molar-refractivity contribution in [3.8, 4) is 0 Å². The zero-order chi connectivity index (χ0) is 15.6. The van der Waals surface area contributed by atoms with Gasteiger partial charge in [-0.3, -0.25) is 9.59 Å². The number of rotatable bonds is 3. The molecular formula is C16H15BrN2O2. The summed E-state index contributed by atoms with van der Waals surface area (Å²) in [6, 6.07) is 10.3. The molecule has 2 rings (SSSR count). The fraction of sp³-hybridized carbons (Fsp3) is 0.125. The number of carbonyl (C=O) groups excluding carboxylic acids is 2. The van der Waals surface area contributed by atoms with Crippen molar-refractivity contribution in [1.82, 2.24) is 0 Å². The van der Waals surface area contributed by atoms with Gasteiger partial charge in [-0.2, -0.15) is 0 Å². The largest absolute Gasteiger partial charge is 0.366 e. The van der Waals surface area contributed by atoms with Crippen molar-refractivity contribution in [2.75, 3.05) is 5.32 Å². The van der Waals surface area contributed by atoms with Crippen LogP contribution in [-0.4, -0.2) is 11.8 Å². The molecular weight excluding hydrogens is 332 g/mol. The molecule has 5 heteroatoms. The van der Waals surface area contributed by atoms with Crippen LogP contribution in [0.25, 0.3) is 0 Å². The monoisotopic (exact) mass is 346 g/mol. The molecule has 2 amide bonds. The van der Waals surface area contributed by atoms with Crippen molar-refractivity contribution in [3.63, 3.8) is 0 Å². The molecule has 0 aliphatic rings. The van der Waals surface area contributed by atoms with Gasteiger partial charge in [-0.1, -0.05) is 22.0 Å². The quantitative estimate of drug-likeness (QED) is 0.893. The number of hydrogen-bond acceptors (Lipinski definition) is 2. The summed E-state index contributed by atoms with van der Waals surface area (Å²) >= 11 is 3.41. The van der Waals surface area contributed by atoms with Crippen LogP contribution in [0.3, 0.4) is 0 Å². The van der Waals surface area contributed by atoms with Crippen LogP contribution >= 0.6 is 15.9 Å². The highest BCUT2D eigenvalue weighted by atomic mass is 79.9. The Morgan fingerprint density at radius 3 is 2.24 bits per heavy atom. The van der Waals surface area contributed by atoms with Crippen LogP contribution in [0.1, 0.15) is 31.8 Å². The molecule has 0 heterocycles. The third-order valence-corrected chi connectivity index (χ3v) is 4.05. The molecule has 108 valence electrons. The van der Waals surface area contributed by atoms with Gasteiger partial charge >= 0.3 is 0 Å². The fourth-order valence-electron chi connectivity index (χ4n) is 1.89. The number of anilines is 1. The second-order valence-corrected chi connectivity index (χ2v) is 5.67. The van der Waals surface area contributed by atoms with Crippen LogP contribution < -0.4 is 11.1 Å². The van der Waals surface area contributed by atoms with Gasteiger partial charge in [0, 0.05) is 21.3 Å². The fourth-order valence-corrected chi connectivity index (χ4v) is 2.26. The number of benzene rings is 2. The predicted molar refractivity (Wildman–Crippen MR) is 86.5 cm³/mol. The minimum Gasteiger partial charge on any atom is -0.366 e. The third-order valence-electron chi connectivity index (χ3n) is 3.19. The first-order valence-corrected chi connectivity index (χ1v) is 7.15. The van der Waals surface area contributed by atoms with Gasteiger partial charge < -0.3 is 11.1 Å². The van der Waals surface area contributed by atoms with E-state index in [0.717, 1.165) is 15.6 Å². The van der Waals surface area contributed by atoms with E-state index in [9.17, 15) is 9.59 Å². The van der Waals surface area contributed by atoms with E-state index < -0.39 is 5.91 Å². The molecule has 21 heavy (non-hydrogen) atoms. The highest BCUT2D eigenvalue weighted by Crippen LogP contribution is 2.20. The molecule has 0 spiro atoms. The molecule has 0 bridgehead atoms. The minimum absolute atomic E-state index is 0.203. The maximum absolute atomic E-state index is 12.2. The molecule has 0 radical (unpaired) electrons. The first kappa shape index (κ1) is 15.3. The molecule has 0 saturated heterocycles. The summed E-state index contributed by atoms with van der Waals surface area (Å²) < 4.78 is 0.885. The van der Waals surface area contributed by atoms with Crippen molar-refractivity contribution >= 4 is 33.4 Å². The smallest absolute Gasteiger partial charge is 0.255 e. The molecule has 2 aromatic carbocycles. The number of nitrogens with one attached hydrogen (secondary N) is 1. The lowest BCUT2D eigenvalue weighted by molar-refractivity contribution is 0.0998. The van der Waals surface area contributed by atoms with Crippen LogP contribution in [0, 0.1) is 13.8 Å². The summed E-state index contributed by atoms with van der Waals surface area (Å²) in [5.41, 5.74) is 8.71. The van der Waals surface area contributed by atoms with E-state index >= 15 is 0 Å². The number of aryl methyl sites for hydroxylation is 2. The van der Waals surface area contributed by atoms with E-state index in [0.29, 0.717) is 16.8 Å². The molecule has 0 fully saturated rings. The van der Waals surface area contributed by atoms with E-state index in [1.807, 2.05) is 19.9 Å². The predicted octanol–water partition coefficient (Wildman–Crippen LogP) is 3.42. The Balaban J connectivity index is 2.23. The molecule has 0 aliphatic carbocycles. The number of nitrogens with two attached hydrogens (primary N) is 1. The van der Waals surface area contributed by atoms with Gasteiger partial charge in [0.05, 0.1) is 0 Å². The zero-order valence-electron chi connectivity index (χ0n) is 11.7. The maximum atomic E-state index is 12.2. The molecule has 0 atom stereocenters. The maximum Gasteiger partial charge on any atom is 0.255 e. The number of halogens is 1. The first-order valence-electron chi connectivity index (χ1n) is 6.36. The SMILES string of the molecule is Cc1ccc(C(=O)Nc2ccc(C(N)=O)cc2C)cc1Br. The van der Waals surface area contributed by atoms with E-state index in [4.69, 9.17) is 5.73 Å². The van der Waals surface area contributed by atoms with Gasteiger partial charge in [-0.05, 0) is 55.3 Å². The lowest BCUT2D eigenvalue weighted by atomic mass is 10.1. The Morgan fingerprint density at radius 1 is 1.00 bits per heavy atom. The Morgan fingerprint density at radius 2 is 1.67 bits per heavy atom. The Bertz CT molecular complexity index is 726. The topological polar surface area (TPSA) is 72.2 Å². The van der Waals surface area contributed by atoms with Gasteiger partial charge in [0.1, 0.15) is 0 Å². The third kappa shape index (κ3) is 3.49. The number of hydrogen-bond donors (Lipinski definition) is 2. The Kier molecular flexibility index (Phi) is 4.43. The molecule has 0 aromatic heterocycles. The molecule has 0 aliphatic heterocycles. The number of amides is 2. The summed E-state index contributed by atoms with van der Waals surface area (Å²) in [6.07, 6.45) is 0. The van der Waals surface area contributed by atoms with Gasteiger partial charge in [-0.25, -0.2) is 0 Å². The Labute approximate surface area is 131 Å². The standard InChI is InChI=1S/C16H15BrN2O2/c1-9-3-4-12(8-13(9)17)16(21)19-14-6-5-11(15(18)20)7-10(14)2/h3-8H,1-2H3,(H2,18,20)(H,19,21). The summed E-state index contributed by atoms with van der Waals surface area (Å²) in [6.45, 7) is 3.77. The average molecular weight is 347 g/mol. The molecule has 2 aromatic rings. The van der Waals surface area contributed by atoms with Crippen molar-refractivity contribution < 1.29 is 9.59 Å². The second kappa shape index (κ2) is 6.10. The molecule has 0 unspecified atom stereocenters. The number of carbonyl (C=O) groups is 2. The molecule has 3 N–H and O–H groups in total. The summed E-state index contributed by atoms with van der Waals surface area (Å²) in [5.74, 6) is -0.691. The average Bonchev–Trinajstić information content (AvgIpc) is 2.43. The van der Waals surface area contributed by atoms with Crippen LogP contribution in [0.2, 0.25) is 0 Å². The summed E-state index contributed by atoms with van der Waals surface area (Å²) in [5, 5.41) is 2.83. The number of primary amides is 1. The van der Waals surface area contributed by atoms with Crippen molar-refractivity contribution in [2.45, 2.75) is 13.8 Å². The lowest BCUT2D eigenvalue weighted by Gasteiger charge is -2.10. The van der Waals surface area contributed by atoms with Crippen molar-refractivity contribution in [1.29, 1.82) is 0 Å². The van der Waals surface area contributed by atoms with Gasteiger partial charge in [0.2, 0.25) is 5.91 Å².